The second-order valence-corrected chi connectivity index (χ2v) is 8.35. The third-order valence-corrected chi connectivity index (χ3v) is 5.23. The average Bonchev–Trinajstić information content (AvgIpc) is 2.64. The molecule has 0 aliphatic rings. The number of amides is 2. The van der Waals surface area contributed by atoms with Gasteiger partial charge in [-0.2, -0.15) is 0 Å². The lowest BCUT2D eigenvalue weighted by Gasteiger charge is -2.31. The van der Waals surface area contributed by atoms with Crippen molar-refractivity contribution in [2.24, 2.45) is 0 Å². The molecule has 1 N–H and O–H groups in total. The standard InChI is InChI=1S/C23H28Cl2N2O2/c1-5-21(23(29)26-15(2)3)27(14-17-8-6-16(4)7-9-17)22(28)12-18-10-11-19(24)13-20(18)25/h6-11,13,15,21H,5,12,14H2,1-4H3,(H,26,29). The van der Waals surface area contributed by atoms with E-state index in [2.05, 4.69) is 5.32 Å². The molecular formula is C23H28Cl2N2O2. The number of hydrogen-bond donors (Lipinski definition) is 1. The molecule has 6 heteroatoms. The number of benzene rings is 2. The molecule has 0 aromatic heterocycles. The Morgan fingerprint density at radius 1 is 1.07 bits per heavy atom. The van der Waals surface area contributed by atoms with E-state index in [1.54, 1.807) is 23.1 Å². The van der Waals surface area contributed by atoms with Crippen LogP contribution in [0.25, 0.3) is 0 Å². The molecule has 0 fully saturated rings. The highest BCUT2D eigenvalue weighted by molar-refractivity contribution is 6.35. The smallest absolute Gasteiger partial charge is 0.243 e. The molecule has 1 atom stereocenters. The van der Waals surface area contributed by atoms with E-state index in [9.17, 15) is 9.59 Å². The average molecular weight is 435 g/mol. The SMILES string of the molecule is CCC(C(=O)NC(C)C)N(Cc1ccc(C)cc1)C(=O)Cc1ccc(Cl)cc1Cl. The van der Waals surface area contributed by atoms with Gasteiger partial charge in [0, 0.05) is 22.6 Å². The normalized spacial score (nSPS) is 12.0. The Hall–Kier alpha value is -2.04. The molecule has 2 aromatic rings. The van der Waals surface area contributed by atoms with Gasteiger partial charge in [0.05, 0.1) is 6.42 Å². The van der Waals surface area contributed by atoms with Gasteiger partial charge in [0.1, 0.15) is 6.04 Å². The maximum absolute atomic E-state index is 13.3. The summed E-state index contributed by atoms with van der Waals surface area (Å²) in [5.74, 6) is -0.300. The quantitative estimate of drug-likeness (QED) is 0.622. The first-order valence-corrected chi connectivity index (χ1v) is 10.6. The van der Waals surface area contributed by atoms with Crippen LogP contribution < -0.4 is 5.32 Å². The molecule has 0 aliphatic heterocycles. The van der Waals surface area contributed by atoms with E-state index in [-0.39, 0.29) is 24.3 Å². The Morgan fingerprint density at radius 2 is 1.72 bits per heavy atom. The van der Waals surface area contributed by atoms with E-state index in [1.165, 1.54) is 0 Å². The van der Waals surface area contributed by atoms with E-state index in [4.69, 9.17) is 23.2 Å². The number of aryl methyl sites for hydroxylation is 1. The first kappa shape index (κ1) is 23.2. The van der Waals surface area contributed by atoms with Crippen LogP contribution in [0.4, 0.5) is 0 Å². The lowest BCUT2D eigenvalue weighted by Crippen LogP contribution is -2.50. The number of carbonyl (C=O) groups excluding carboxylic acids is 2. The van der Waals surface area contributed by atoms with Crippen molar-refractivity contribution in [1.82, 2.24) is 10.2 Å². The molecule has 4 nitrogen and oxygen atoms in total. The Balaban J connectivity index is 2.31. The highest BCUT2D eigenvalue weighted by atomic mass is 35.5. The van der Waals surface area contributed by atoms with Crippen LogP contribution in [-0.2, 0) is 22.6 Å². The van der Waals surface area contributed by atoms with Gasteiger partial charge in [0.2, 0.25) is 11.8 Å². The van der Waals surface area contributed by atoms with Crippen molar-refractivity contribution in [1.29, 1.82) is 0 Å². The molecule has 0 heterocycles. The van der Waals surface area contributed by atoms with E-state index >= 15 is 0 Å². The van der Waals surface area contributed by atoms with Gasteiger partial charge < -0.3 is 10.2 Å². The van der Waals surface area contributed by atoms with Gasteiger partial charge in [-0.25, -0.2) is 0 Å². The Morgan fingerprint density at radius 3 is 2.28 bits per heavy atom. The van der Waals surface area contributed by atoms with E-state index in [0.29, 0.717) is 28.6 Å². The molecule has 156 valence electrons. The van der Waals surface area contributed by atoms with Crippen LogP contribution in [0.3, 0.4) is 0 Å². The van der Waals surface area contributed by atoms with Gasteiger partial charge in [-0.1, -0.05) is 66.0 Å². The summed E-state index contributed by atoms with van der Waals surface area (Å²) in [6, 6.07) is 12.5. The molecule has 0 bridgehead atoms. The first-order chi connectivity index (χ1) is 13.7. The second kappa shape index (κ2) is 10.7. The van der Waals surface area contributed by atoms with Crippen molar-refractivity contribution in [3.8, 4) is 0 Å². The Kier molecular flexibility index (Phi) is 8.54. The maximum Gasteiger partial charge on any atom is 0.243 e. The number of halogens is 2. The third-order valence-electron chi connectivity index (χ3n) is 4.65. The van der Waals surface area contributed by atoms with Gasteiger partial charge in [0.15, 0.2) is 0 Å². The molecular weight excluding hydrogens is 407 g/mol. The summed E-state index contributed by atoms with van der Waals surface area (Å²) in [6.07, 6.45) is 0.623. The molecule has 0 spiro atoms. The molecule has 2 aromatic carbocycles. The summed E-state index contributed by atoms with van der Waals surface area (Å²) in [5.41, 5.74) is 2.81. The highest BCUT2D eigenvalue weighted by Gasteiger charge is 2.29. The summed E-state index contributed by atoms with van der Waals surface area (Å²) in [4.78, 5) is 27.7. The maximum atomic E-state index is 13.3. The van der Waals surface area contributed by atoms with Crippen LogP contribution in [0, 0.1) is 6.92 Å². The van der Waals surface area contributed by atoms with Crippen molar-refractivity contribution < 1.29 is 9.59 Å². The number of nitrogens with zero attached hydrogens (tertiary/aromatic N) is 1. The number of nitrogens with one attached hydrogen (secondary N) is 1. The number of rotatable bonds is 8. The van der Waals surface area contributed by atoms with Crippen molar-refractivity contribution >= 4 is 35.0 Å². The van der Waals surface area contributed by atoms with Crippen molar-refractivity contribution in [3.05, 3.63) is 69.2 Å². The highest BCUT2D eigenvalue weighted by Crippen LogP contribution is 2.23. The summed E-state index contributed by atoms with van der Waals surface area (Å²) >= 11 is 12.2. The molecule has 0 radical (unpaired) electrons. The predicted octanol–water partition coefficient (Wildman–Crippen LogP) is 5.18. The van der Waals surface area contributed by atoms with Gasteiger partial charge in [0.25, 0.3) is 0 Å². The number of hydrogen-bond acceptors (Lipinski definition) is 2. The van der Waals surface area contributed by atoms with E-state index in [0.717, 1.165) is 11.1 Å². The molecule has 2 amide bonds. The summed E-state index contributed by atoms with van der Waals surface area (Å²) < 4.78 is 0. The zero-order chi connectivity index (χ0) is 21.6. The second-order valence-electron chi connectivity index (χ2n) is 7.51. The Bertz CT molecular complexity index is 850. The van der Waals surface area contributed by atoms with Crippen molar-refractivity contribution in [3.63, 3.8) is 0 Å². The van der Waals surface area contributed by atoms with Crippen LogP contribution >= 0.6 is 23.2 Å². The fourth-order valence-corrected chi connectivity index (χ4v) is 3.60. The minimum atomic E-state index is -0.558. The lowest BCUT2D eigenvalue weighted by molar-refractivity contribution is -0.141. The molecule has 0 saturated heterocycles. The number of carbonyl (C=O) groups is 2. The van der Waals surface area contributed by atoms with Crippen LogP contribution in [0.2, 0.25) is 10.0 Å². The zero-order valence-corrected chi connectivity index (χ0v) is 18.8. The van der Waals surface area contributed by atoms with Crippen molar-refractivity contribution in [2.45, 2.75) is 59.2 Å². The fraction of sp³-hybridized carbons (Fsp3) is 0.391. The molecule has 0 saturated carbocycles. The lowest BCUT2D eigenvalue weighted by atomic mass is 10.1. The third kappa shape index (κ3) is 6.76. The monoisotopic (exact) mass is 434 g/mol. The minimum absolute atomic E-state index is 0.00131. The zero-order valence-electron chi connectivity index (χ0n) is 17.3. The van der Waals surface area contributed by atoms with Gasteiger partial charge in [-0.3, -0.25) is 9.59 Å². The molecule has 1 unspecified atom stereocenters. The van der Waals surface area contributed by atoms with E-state index in [1.807, 2.05) is 52.0 Å². The van der Waals surface area contributed by atoms with Crippen LogP contribution in [0.5, 0.6) is 0 Å². The van der Waals surface area contributed by atoms with Gasteiger partial charge in [-0.15, -0.1) is 0 Å². The van der Waals surface area contributed by atoms with Gasteiger partial charge >= 0.3 is 0 Å². The van der Waals surface area contributed by atoms with Crippen LogP contribution in [-0.4, -0.2) is 28.8 Å². The summed E-state index contributed by atoms with van der Waals surface area (Å²) in [5, 5.41) is 3.89. The van der Waals surface area contributed by atoms with Gasteiger partial charge in [-0.05, 0) is 50.5 Å². The van der Waals surface area contributed by atoms with Crippen molar-refractivity contribution in [2.75, 3.05) is 0 Å². The van der Waals surface area contributed by atoms with E-state index < -0.39 is 6.04 Å². The largest absolute Gasteiger partial charge is 0.352 e. The van der Waals surface area contributed by atoms with Crippen LogP contribution in [0.15, 0.2) is 42.5 Å². The molecule has 29 heavy (non-hydrogen) atoms. The summed E-state index contributed by atoms with van der Waals surface area (Å²) in [6.45, 7) is 8.10. The van der Waals surface area contributed by atoms with Crippen LogP contribution in [0.1, 0.15) is 43.9 Å². The summed E-state index contributed by atoms with van der Waals surface area (Å²) in [7, 11) is 0. The molecule has 0 aliphatic carbocycles. The Labute approximate surface area is 183 Å². The minimum Gasteiger partial charge on any atom is -0.352 e. The fourth-order valence-electron chi connectivity index (χ4n) is 3.12. The predicted molar refractivity (Wildman–Crippen MR) is 119 cm³/mol. The molecule has 2 rings (SSSR count). The first-order valence-electron chi connectivity index (χ1n) is 9.80. The topological polar surface area (TPSA) is 49.4 Å².